The predicted octanol–water partition coefficient (Wildman–Crippen LogP) is 10.3. The van der Waals surface area contributed by atoms with Crippen LogP contribution in [0.5, 0.6) is 0 Å². The molecule has 200 valence electrons. The summed E-state index contributed by atoms with van der Waals surface area (Å²) in [5.41, 5.74) is 8.60. The molecule has 0 aliphatic heterocycles. The van der Waals surface area contributed by atoms with Gasteiger partial charge in [0.1, 0.15) is 0 Å². The van der Waals surface area contributed by atoms with Gasteiger partial charge in [0.2, 0.25) is 0 Å². The van der Waals surface area contributed by atoms with Gasteiger partial charge in [-0.25, -0.2) is 9.97 Å². The van der Waals surface area contributed by atoms with Crippen LogP contribution in [-0.4, -0.2) is 14.5 Å². The van der Waals surface area contributed by atoms with E-state index in [9.17, 15) is 0 Å². The number of hydrogen-bond acceptors (Lipinski definition) is 2. The molecule has 3 heteroatoms. The van der Waals surface area contributed by atoms with Gasteiger partial charge in [0.25, 0.3) is 0 Å². The molecular weight excluding hydrogens is 522 g/mol. The Labute approximate surface area is 248 Å². The van der Waals surface area contributed by atoms with Gasteiger partial charge < -0.3 is 4.57 Å². The maximum Gasteiger partial charge on any atom is 0.160 e. The first-order valence-electron chi connectivity index (χ1n) is 14.6. The first kappa shape index (κ1) is 23.9. The third-order valence-corrected chi connectivity index (χ3v) is 8.53. The van der Waals surface area contributed by atoms with Crippen LogP contribution in [0.15, 0.2) is 152 Å². The Morgan fingerprint density at radius 1 is 0.372 bits per heavy atom. The highest BCUT2D eigenvalue weighted by atomic mass is 15.0. The molecule has 0 amide bonds. The lowest BCUT2D eigenvalue weighted by Crippen LogP contribution is -1.96. The lowest BCUT2D eigenvalue weighted by atomic mass is 10.0. The highest BCUT2D eigenvalue weighted by molar-refractivity contribution is 6.24. The van der Waals surface area contributed by atoms with E-state index in [-0.39, 0.29) is 0 Å². The Hall–Kier alpha value is -5.80. The van der Waals surface area contributed by atoms with Crippen LogP contribution in [0.2, 0.25) is 0 Å². The molecule has 0 fully saturated rings. The average Bonchev–Trinajstić information content (AvgIpc) is 3.43. The van der Waals surface area contributed by atoms with Crippen molar-refractivity contribution in [2.24, 2.45) is 0 Å². The maximum absolute atomic E-state index is 5.03. The molecule has 0 bridgehead atoms. The highest BCUT2D eigenvalue weighted by Crippen LogP contribution is 2.39. The summed E-state index contributed by atoms with van der Waals surface area (Å²) in [7, 11) is 0. The molecular formula is C40H25N3. The molecule has 7 aromatic carbocycles. The molecule has 0 aliphatic rings. The van der Waals surface area contributed by atoms with Crippen molar-refractivity contribution in [2.75, 3.05) is 0 Å². The maximum atomic E-state index is 5.03. The van der Waals surface area contributed by atoms with Gasteiger partial charge in [-0.15, -0.1) is 0 Å². The molecule has 0 N–H and O–H groups in total. The second-order valence-corrected chi connectivity index (χ2v) is 11.1. The van der Waals surface area contributed by atoms with Crippen molar-refractivity contribution in [2.45, 2.75) is 0 Å². The van der Waals surface area contributed by atoms with E-state index in [1.165, 1.54) is 38.0 Å². The number of fused-ring (bicyclic) bond motifs is 1. The average molecular weight is 548 g/mol. The van der Waals surface area contributed by atoms with Gasteiger partial charge in [-0.3, -0.25) is 0 Å². The zero-order chi connectivity index (χ0) is 28.3. The van der Waals surface area contributed by atoms with Crippen LogP contribution >= 0.6 is 0 Å². The summed E-state index contributed by atoms with van der Waals surface area (Å²) in [5.74, 6) is 0.722. The number of aromatic nitrogens is 3. The quantitative estimate of drug-likeness (QED) is 0.205. The molecule has 0 saturated heterocycles. The summed E-state index contributed by atoms with van der Waals surface area (Å²) in [6.45, 7) is 0. The molecule has 9 rings (SSSR count). The van der Waals surface area contributed by atoms with Crippen LogP contribution in [0.3, 0.4) is 0 Å². The van der Waals surface area contributed by atoms with Crippen molar-refractivity contribution in [3.05, 3.63) is 152 Å². The van der Waals surface area contributed by atoms with Crippen LogP contribution in [0.25, 0.3) is 82.9 Å². The molecule has 3 nitrogen and oxygen atoms in total. The summed E-state index contributed by atoms with van der Waals surface area (Å²) in [4.78, 5) is 10.1. The minimum absolute atomic E-state index is 0.722. The molecule has 43 heavy (non-hydrogen) atoms. The monoisotopic (exact) mass is 547 g/mol. The molecule has 0 spiro atoms. The molecule has 0 radical (unpaired) electrons. The minimum atomic E-state index is 0.722. The molecule has 0 unspecified atom stereocenters. The topological polar surface area (TPSA) is 30.7 Å². The van der Waals surface area contributed by atoms with Crippen LogP contribution in [0.4, 0.5) is 0 Å². The molecule has 0 atom stereocenters. The fourth-order valence-corrected chi connectivity index (χ4v) is 6.50. The molecule has 0 aliphatic carbocycles. The Balaban J connectivity index is 1.19. The van der Waals surface area contributed by atoms with Crippen molar-refractivity contribution in [3.8, 4) is 39.6 Å². The molecule has 2 aromatic heterocycles. The van der Waals surface area contributed by atoms with Crippen molar-refractivity contribution in [1.29, 1.82) is 0 Å². The summed E-state index contributed by atoms with van der Waals surface area (Å²) < 4.78 is 2.40. The van der Waals surface area contributed by atoms with Crippen molar-refractivity contribution in [1.82, 2.24) is 14.5 Å². The van der Waals surface area contributed by atoms with Gasteiger partial charge in [-0.2, -0.15) is 0 Å². The molecule has 9 aromatic rings. The number of rotatable bonds is 4. The standard InChI is InChI=1S/C40H25N3/c1-3-9-26(10-4-1)34-25-35(27-11-5-2-6-12-27)42-40(41-34)32-20-19-31-24-33(22-21-30(31)23-32)43-36-15-7-13-28-17-18-29-14-8-16-37(43)39(29)38(28)36/h1-25H. The Kier molecular flexibility index (Phi) is 5.20. The van der Waals surface area contributed by atoms with Gasteiger partial charge in [0.15, 0.2) is 5.82 Å². The van der Waals surface area contributed by atoms with E-state index < -0.39 is 0 Å². The predicted molar refractivity (Wildman–Crippen MR) is 179 cm³/mol. The van der Waals surface area contributed by atoms with E-state index in [0.717, 1.165) is 45.0 Å². The molecule has 0 saturated carbocycles. The number of hydrogen-bond donors (Lipinski definition) is 0. The van der Waals surface area contributed by atoms with E-state index in [4.69, 9.17) is 9.97 Å². The number of benzene rings is 7. The Bertz CT molecular complexity index is 2310. The zero-order valence-electron chi connectivity index (χ0n) is 23.3. The minimum Gasteiger partial charge on any atom is -0.309 e. The second-order valence-electron chi connectivity index (χ2n) is 11.1. The van der Waals surface area contributed by atoms with Crippen LogP contribution < -0.4 is 0 Å². The second kappa shape index (κ2) is 9.37. The van der Waals surface area contributed by atoms with Gasteiger partial charge >= 0.3 is 0 Å². The summed E-state index contributed by atoms with van der Waals surface area (Å²) in [5, 5.41) is 7.55. The van der Waals surface area contributed by atoms with E-state index >= 15 is 0 Å². The molecule has 2 heterocycles. The Morgan fingerprint density at radius 3 is 1.51 bits per heavy atom. The van der Waals surface area contributed by atoms with Gasteiger partial charge in [-0.05, 0) is 57.9 Å². The Morgan fingerprint density at radius 2 is 0.907 bits per heavy atom. The first-order chi connectivity index (χ1) is 21.3. The summed E-state index contributed by atoms with van der Waals surface area (Å²) in [6.07, 6.45) is 0. The third kappa shape index (κ3) is 3.83. The normalized spacial score (nSPS) is 11.7. The van der Waals surface area contributed by atoms with Crippen LogP contribution in [0.1, 0.15) is 0 Å². The van der Waals surface area contributed by atoms with Gasteiger partial charge in [-0.1, -0.05) is 115 Å². The van der Waals surface area contributed by atoms with E-state index in [1.54, 1.807) is 0 Å². The van der Waals surface area contributed by atoms with E-state index in [1.807, 2.05) is 36.4 Å². The smallest absolute Gasteiger partial charge is 0.160 e. The number of nitrogens with zero attached hydrogens (tertiary/aromatic N) is 3. The fourth-order valence-electron chi connectivity index (χ4n) is 6.50. The zero-order valence-corrected chi connectivity index (χ0v) is 23.3. The lowest BCUT2D eigenvalue weighted by Gasteiger charge is -2.11. The third-order valence-electron chi connectivity index (χ3n) is 8.53. The van der Waals surface area contributed by atoms with Crippen molar-refractivity contribution >= 4 is 43.4 Å². The van der Waals surface area contributed by atoms with Gasteiger partial charge in [0.05, 0.1) is 22.4 Å². The van der Waals surface area contributed by atoms with Crippen LogP contribution in [-0.2, 0) is 0 Å². The first-order valence-corrected chi connectivity index (χ1v) is 14.6. The summed E-state index contributed by atoms with van der Waals surface area (Å²) >= 11 is 0. The largest absolute Gasteiger partial charge is 0.309 e. The van der Waals surface area contributed by atoms with E-state index in [2.05, 4.69) is 120 Å². The van der Waals surface area contributed by atoms with Crippen LogP contribution in [0, 0.1) is 0 Å². The van der Waals surface area contributed by atoms with E-state index in [0.29, 0.717) is 0 Å². The van der Waals surface area contributed by atoms with Crippen molar-refractivity contribution in [3.63, 3.8) is 0 Å². The van der Waals surface area contributed by atoms with Crippen molar-refractivity contribution < 1.29 is 0 Å². The SMILES string of the molecule is c1ccc(-c2cc(-c3ccccc3)nc(-c3ccc4cc(-n5c6cccc7ccc8cccc5c8c76)ccc4c3)n2)cc1. The van der Waals surface area contributed by atoms with Gasteiger partial charge in [0, 0.05) is 33.2 Å². The summed E-state index contributed by atoms with van der Waals surface area (Å²) in [6, 6.07) is 53.7. The fraction of sp³-hybridized carbons (Fsp3) is 0. The lowest BCUT2D eigenvalue weighted by molar-refractivity contribution is 1.18. The highest BCUT2D eigenvalue weighted by Gasteiger charge is 2.17.